The molecule has 1 heterocycles. The quantitative estimate of drug-likeness (QED) is 0.316. The average Bonchev–Trinajstić information content (AvgIpc) is 2.21. The van der Waals surface area contributed by atoms with Crippen molar-refractivity contribution in [3.8, 4) is 0 Å². The van der Waals surface area contributed by atoms with Gasteiger partial charge in [-0.25, -0.2) is 5.84 Å². The van der Waals surface area contributed by atoms with Crippen molar-refractivity contribution in [2.75, 3.05) is 19.7 Å². The van der Waals surface area contributed by atoms with Gasteiger partial charge in [0, 0.05) is 12.6 Å². The lowest BCUT2D eigenvalue weighted by atomic mass is 10.00. The fourth-order valence-corrected chi connectivity index (χ4v) is 1.97. The molecule has 0 spiro atoms. The molecule has 82 valence electrons. The van der Waals surface area contributed by atoms with E-state index in [0.717, 1.165) is 25.8 Å². The molecule has 14 heavy (non-hydrogen) atoms. The molecular weight excluding hydrogens is 182 g/mol. The van der Waals surface area contributed by atoms with E-state index in [1.807, 2.05) is 0 Å². The highest BCUT2D eigenvalue weighted by Gasteiger charge is 2.23. The summed E-state index contributed by atoms with van der Waals surface area (Å²) < 4.78 is 0. The Hall–Kier alpha value is -0.650. The lowest BCUT2D eigenvalue weighted by Gasteiger charge is -2.34. The van der Waals surface area contributed by atoms with E-state index in [2.05, 4.69) is 10.3 Å². The SMILES string of the molecule is NNC(=O)CN1CCCCC1CCO. The Balaban J connectivity index is 2.41. The number of hydrazine groups is 1. The predicted octanol–water partition coefficient (Wildman–Crippen LogP) is -0.787. The van der Waals surface area contributed by atoms with E-state index in [1.54, 1.807) is 0 Å². The van der Waals surface area contributed by atoms with Crippen LogP contribution in [-0.2, 0) is 4.79 Å². The number of likely N-dealkylation sites (tertiary alicyclic amines) is 1. The van der Waals surface area contributed by atoms with Gasteiger partial charge in [-0.15, -0.1) is 0 Å². The Labute approximate surface area is 84.2 Å². The molecule has 1 atom stereocenters. The van der Waals surface area contributed by atoms with Crippen molar-refractivity contribution in [2.24, 2.45) is 5.84 Å². The van der Waals surface area contributed by atoms with Crippen LogP contribution in [-0.4, -0.2) is 41.7 Å². The van der Waals surface area contributed by atoms with Gasteiger partial charge in [-0.2, -0.15) is 0 Å². The molecule has 1 unspecified atom stereocenters. The molecule has 5 heteroatoms. The number of aliphatic hydroxyl groups is 1. The summed E-state index contributed by atoms with van der Waals surface area (Å²) in [6.45, 7) is 1.46. The first kappa shape index (κ1) is 11.4. The van der Waals surface area contributed by atoms with Crippen molar-refractivity contribution in [1.82, 2.24) is 10.3 Å². The summed E-state index contributed by atoms with van der Waals surface area (Å²) in [5.41, 5.74) is 2.13. The van der Waals surface area contributed by atoms with Gasteiger partial charge < -0.3 is 5.11 Å². The fourth-order valence-electron chi connectivity index (χ4n) is 1.97. The zero-order chi connectivity index (χ0) is 10.4. The van der Waals surface area contributed by atoms with E-state index in [-0.39, 0.29) is 12.5 Å². The lowest BCUT2D eigenvalue weighted by Crippen LogP contribution is -2.47. The highest BCUT2D eigenvalue weighted by molar-refractivity contribution is 5.77. The Morgan fingerprint density at radius 3 is 3.00 bits per heavy atom. The zero-order valence-electron chi connectivity index (χ0n) is 8.41. The van der Waals surface area contributed by atoms with Crippen LogP contribution in [0.4, 0.5) is 0 Å². The molecule has 1 aliphatic heterocycles. The maximum atomic E-state index is 11.1. The third-order valence-electron chi connectivity index (χ3n) is 2.72. The molecule has 0 aromatic heterocycles. The largest absolute Gasteiger partial charge is 0.396 e. The minimum absolute atomic E-state index is 0.158. The second kappa shape index (κ2) is 5.95. The van der Waals surface area contributed by atoms with Crippen LogP contribution >= 0.6 is 0 Å². The highest BCUT2D eigenvalue weighted by Crippen LogP contribution is 2.18. The number of hydrogen-bond donors (Lipinski definition) is 3. The minimum Gasteiger partial charge on any atom is -0.396 e. The Morgan fingerprint density at radius 2 is 2.36 bits per heavy atom. The van der Waals surface area contributed by atoms with E-state index in [9.17, 15) is 4.79 Å². The van der Waals surface area contributed by atoms with Gasteiger partial charge in [-0.1, -0.05) is 6.42 Å². The lowest BCUT2D eigenvalue weighted by molar-refractivity contribution is -0.123. The van der Waals surface area contributed by atoms with Crippen molar-refractivity contribution in [3.63, 3.8) is 0 Å². The molecule has 0 bridgehead atoms. The smallest absolute Gasteiger partial charge is 0.248 e. The summed E-state index contributed by atoms with van der Waals surface area (Å²) >= 11 is 0. The molecule has 1 saturated heterocycles. The van der Waals surface area contributed by atoms with Crippen molar-refractivity contribution in [2.45, 2.75) is 31.7 Å². The molecule has 0 aromatic rings. The van der Waals surface area contributed by atoms with E-state index in [4.69, 9.17) is 10.9 Å². The monoisotopic (exact) mass is 201 g/mol. The number of nitrogens with two attached hydrogens (primary N) is 1. The summed E-state index contributed by atoms with van der Waals surface area (Å²) in [6, 6.07) is 0.339. The molecule has 0 aromatic carbocycles. The van der Waals surface area contributed by atoms with Crippen LogP contribution in [0.1, 0.15) is 25.7 Å². The normalized spacial score (nSPS) is 23.4. The van der Waals surface area contributed by atoms with Crippen LogP contribution in [0.25, 0.3) is 0 Å². The standard InChI is InChI=1S/C9H19N3O2/c10-11-9(14)7-12-5-2-1-3-8(12)4-6-13/h8,13H,1-7,10H2,(H,11,14). The molecule has 0 aliphatic carbocycles. The van der Waals surface area contributed by atoms with Gasteiger partial charge >= 0.3 is 0 Å². The highest BCUT2D eigenvalue weighted by atomic mass is 16.3. The molecule has 0 radical (unpaired) electrons. The van der Waals surface area contributed by atoms with Gasteiger partial charge in [0.2, 0.25) is 5.91 Å². The van der Waals surface area contributed by atoms with Gasteiger partial charge in [0.1, 0.15) is 0 Å². The van der Waals surface area contributed by atoms with Crippen LogP contribution in [0.15, 0.2) is 0 Å². The van der Waals surface area contributed by atoms with Crippen molar-refractivity contribution in [1.29, 1.82) is 0 Å². The van der Waals surface area contributed by atoms with E-state index in [1.165, 1.54) is 6.42 Å². The maximum absolute atomic E-state index is 11.1. The van der Waals surface area contributed by atoms with Gasteiger partial charge in [-0.05, 0) is 25.8 Å². The number of nitrogens with one attached hydrogen (secondary N) is 1. The van der Waals surface area contributed by atoms with Crippen molar-refractivity contribution >= 4 is 5.91 Å². The first-order valence-electron chi connectivity index (χ1n) is 5.12. The van der Waals surface area contributed by atoms with Crippen molar-refractivity contribution < 1.29 is 9.90 Å². The van der Waals surface area contributed by atoms with E-state index >= 15 is 0 Å². The second-order valence-electron chi connectivity index (χ2n) is 3.70. The van der Waals surface area contributed by atoms with E-state index in [0.29, 0.717) is 12.6 Å². The minimum atomic E-state index is -0.158. The molecule has 1 rings (SSSR count). The number of nitrogens with zero attached hydrogens (tertiary/aromatic N) is 1. The number of hydrogen-bond acceptors (Lipinski definition) is 4. The average molecular weight is 201 g/mol. The number of rotatable bonds is 4. The maximum Gasteiger partial charge on any atom is 0.248 e. The fraction of sp³-hybridized carbons (Fsp3) is 0.889. The summed E-state index contributed by atoms with van der Waals surface area (Å²) in [6.07, 6.45) is 4.13. The van der Waals surface area contributed by atoms with Gasteiger partial charge in [0.25, 0.3) is 0 Å². The summed E-state index contributed by atoms with van der Waals surface area (Å²) in [4.78, 5) is 13.2. The number of carbonyl (C=O) groups is 1. The van der Waals surface area contributed by atoms with Crippen LogP contribution < -0.4 is 11.3 Å². The molecular formula is C9H19N3O2. The zero-order valence-corrected chi connectivity index (χ0v) is 8.41. The third-order valence-corrected chi connectivity index (χ3v) is 2.72. The molecule has 4 N–H and O–H groups in total. The predicted molar refractivity (Wildman–Crippen MR) is 53.2 cm³/mol. The Bertz CT molecular complexity index is 185. The van der Waals surface area contributed by atoms with Gasteiger partial charge in [0.05, 0.1) is 6.54 Å². The molecule has 0 saturated carbocycles. The van der Waals surface area contributed by atoms with Crippen molar-refractivity contribution in [3.05, 3.63) is 0 Å². The summed E-state index contributed by atoms with van der Waals surface area (Å²) in [5, 5.41) is 8.88. The van der Waals surface area contributed by atoms with Crippen LogP contribution in [0, 0.1) is 0 Å². The number of carbonyl (C=O) groups excluding carboxylic acids is 1. The van der Waals surface area contributed by atoms with E-state index < -0.39 is 0 Å². The summed E-state index contributed by atoms with van der Waals surface area (Å²) in [7, 11) is 0. The molecule has 5 nitrogen and oxygen atoms in total. The Morgan fingerprint density at radius 1 is 1.57 bits per heavy atom. The Kier molecular flexibility index (Phi) is 4.86. The van der Waals surface area contributed by atoms with Crippen LogP contribution in [0.3, 0.4) is 0 Å². The van der Waals surface area contributed by atoms with Crippen LogP contribution in [0.2, 0.25) is 0 Å². The number of aliphatic hydroxyl groups excluding tert-OH is 1. The molecule has 1 aliphatic rings. The topological polar surface area (TPSA) is 78.6 Å². The number of piperidine rings is 1. The first-order valence-corrected chi connectivity index (χ1v) is 5.12. The third kappa shape index (κ3) is 3.25. The van der Waals surface area contributed by atoms with Crippen LogP contribution in [0.5, 0.6) is 0 Å². The first-order chi connectivity index (χ1) is 6.77. The van der Waals surface area contributed by atoms with Gasteiger partial charge in [0.15, 0.2) is 0 Å². The second-order valence-corrected chi connectivity index (χ2v) is 3.70. The summed E-state index contributed by atoms with van der Waals surface area (Å²) in [5.74, 6) is 4.88. The molecule has 1 fully saturated rings. The molecule has 1 amide bonds. The van der Waals surface area contributed by atoms with Gasteiger partial charge in [-0.3, -0.25) is 15.1 Å². The number of amides is 1.